The molecule has 0 spiro atoms. The van der Waals surface area contributed by atoms with Gasteiger partial charge in [0.2, 0.25) is 0 Å². The molecule has 0 radical (unpaired) electrons. The molecule has 5 heteroatoms. The van der Waals surface area contributed by atoms with Gasteiger partial charge < -0.3 is 0 Å². The van der Waals surface area contributed by atoms with Crippen molar-refractivity contribution < 1.29 is 14.4 Å². The Morgan fingerprint density at radius 2 is 1.74 bits per heavy atom. The van der Waals surface area contributed by atoms with Crippen molar-refractivity contribution in [3.05, 3.63) is 35.9 Å². The summed E-state index contributed by atoms with van der Waals surface area (Å²) in [7, 11) is 0. The molecule has 0 bridgehead atoms. The van der Waals surface area contributed by atoms with Gasteiger partial charge >= 0.3 is 17.8 Å². The maximum Gasteiger partial charge on any atom is 0.332 e. The number of imide groups is 2. The second-order valence-electron chi connectivity index (χ2n) is 5.20. The van der Waals surface area contributed by atoms with Gasteiger partial charge in [0.25, 0.3) is 0 Å². The van der Waals surface area contributed by atoms with Crippen molar-refractivity contribution in [3.63, 3.8) is 0 Å². The molecule has 4 amide bonds. The quantitative estimate of drug-likeness (QED) is 0.658. The monoisotopic (exact) mass is 260 g/mol. The second kappa shape index (κ2) is 4.84. The number of nitrogens with zero attached hydrogens (tertiary/aromatic N) is 1. The van der Waals surface area contributed by atoms with E-state index in [4.69, 9.17) is 0 Å². The van der Waals surface area contributed by atoms with Crippen LogP contribution in [-0.2, 0) is 16.0 Å². The Balaban J connectivity index is 2.08. The molecule has 19 heavy (non-hydrogen) atoms. The summed E-state index contributed by atoms with van der Waals surface area (Å²) in [6.07, 6.45) is 1.34. The number of nitrogens with one attached hydrogen (secondary N) is 1. The van der Waals surface area contributed by atoms with Gasteiger partial charge in [0.05, 0.1) is 0 Å². The molecular weight excluding hydrogens is 244 g/mol. The summed E-state index contributed by atoms with van der Waals surface area (Å²) >= 11 is 0. The van der Waals surface area contributed by atoms with Gasteiger partial charge in [0, 0.05) is 5.54 Å². The highest BCUT2D eigenvalue weighted by Gasteiger charge is 2.45. The van der Waals surface area contributed by atoms with Crippen molar-refractivity contribution in [2.45, 2.75) is 32.2 Å². The average Bonchev–Trinajstić information content (AvgIpc) is 2.63. The third kappa shape index (κ3) is 2.65. The Labute approximate surface area is 111 Å². The highest BCUT2D eigenvalue weighted by atomic mass is 16.2. The Bertz CT molecular complexity index is 523. The fourth-order valence-electron chi connectivity index (χ4n) is 2.16. The summed E-state index contributed by atoms with van der Waals surface area (Å²) < 4.78 is 0. The molecule has 2 rings (SSSR count). The highest BCUT2D eigenvalue weighted by molar-refractivity contribution is 6.45. The molecule has 1 aromatic rings. The number of urea groups is 1. The average molecular weight is 260 g/mol. The van der Waals surface area contributed by atoms with E-state index in [-0.39, 0.29) is 0 Å². The molecule has 0 unspecified atom stereocenters. The van der Waals surface area contributed by atoms with Crippen LogP contribution in [0.5, 0.6) is 0 Å². The van der Waals surface area contributed by atoms with Gasteiger partial charge in [-0.25, -0.2) is 9.69 Å². The standard InChI is InChI=1S/C14H16N2O3/c1-14(2,9-8-10-6-4-3-5-7-10)16-12(18)11(17)15-13(16)19/h3-7H,8-9H2,1-2H3,(H,15,17,19). The van der Waals surface area contributed by atoms with E-state index in [1.165, 1.54) is 0 Å². The van der Waals surface area contributed by atoms with E-state index in [2.05, 4.69) is 0 Å². The first kappa shape index (κ1) is 13.3. The van der Waals surface area contributed by atoms with Gasteiger partial charge in [-0.3, -0.25) is 14.9 Å². The lowest BCUT2D eigenvalue weighted by atomic mass is 9.93. The van der Waals surface area contributed by atoms with E-state index in [1.807, 2.05) is 35.6 Å². The zero-order valence-electron chi connectivity index (χ0n) is 11.0. The first-order valence-corrected chi connectivity index (χ1v) is 6.15. The van der Waals surface area contributed by atoms with Crippen LogP contribution in [-0.4, -0.2) is 28.3 Å². The number of carbonyl (C=O) groups excluding carboxylic acids is 3. The topological polar surface area (TPSA) is 66.5 Å². The molecule has 0 saturated carbocycles. The Morgan fingerprint density at radius 1 is 1.11 bits per heavy atom. The molecule has 1 aromatic carbocycles. The van der Waals surface area contributed by atoms with E-state index < -0.39 is 23.4 Å². The smallest absolute Gasteiger partial charge is 0.269 e. The first-order chi connectivity index (χ1) is 8.92. The molecule has 0 aromatic heterocycles. The summed E-state index contributed by atoms with van der Waals surface area (Å²) in [4.78, 5) is 35.5. The van der Waals surface area contributed by atoms with E-state index in [0.29, 0.717) is 6.42 Å². The minimum atomic E-state index is -0.849. The number of aryl methyl sites for hydroxylation is 1. The van der Waals surface area contributed by atoms with Gasteiger partial charge in [-0.05, 0) is 32.3 Å². The van der Waals surface area contributed by atoms with E-state index in [0.717, 1.165) is 16.9 Å². The van der Waals surface area contributed by atoms with Gasteiger partial charge in [-0.2, -0.15) is 0 Å². The van der Waals surface area contributed by atoms with E-state index in [1.54, 1.807) is 13.8 Å². The predicted octanol–water partition coefficient (Wildman–Crippen LogP) is 1.48. The molecule has 100 valence electrons. The number of rotatable bonds is 4. The zero-order chi connectivity index (χ0) is 14.0. The Hall–Kier alpha value is -2.17. The van der Waals surface area contributed by atoms with Crippen LogP contribution < -0.4 is 5.32 Å². The third-order valence-electron chi connectivity index (χ3n) is 3.29. The van der Waals surface area contributed by atoms with Crippen molar-refractivity contribution in [3.8, 4) is 0 Å². The number of hydrogen-bond donors (Lipinski definition) is 1. The molecule has 1 aliphatic rings. The molecule has 0 aliphatic carbocycles. The van der Waals surface area contributed by atoms with Crippen molar-refractivity contribution >= 4 is 17.8 Å². The normalized spacial score (nSPS) is 15.9. The fraction of sp³-hybridized carbons (Fsp3) is 0.357. The van der Waals surface area contributed by atoms with Crippen LogP contribution >= 0.6 is 0 Å². The lowest BCUT2D eigenvalue weighted by Crippen LogP contribution is -2.48. The van der Waals surface area contributed by atoms with Crippen LogP contribution in [0, 0.1) is 0 Å². The highest BCUT2D eigenvalue weighted by Crippen LogP contribution is 2.24. The number of benzene rings is 1. The van der Waals surface area contributed by atoms with E-state index >= 15 is 0 Å². The van der Waals surface area contributed by atoms with Crippen LogP contribution in [0.25, 0.3) is 0 Å². The summed E-state index contributed by atoms with van der Waals surface area (Å²) in [5, 5.41) is 2.02. The van der Waals surface area contributed by atoms with Crippen molar-refractivity contribution in [1.29, 1.82) is 0 Å². The second-order valence-corrected chi connectivity index (χ2v) is 5.20. The van der Waals surface area contributed by atoms with Crippen LogP contribution in [0.4, 0.5) is 4.79 Å². The molecule has 1 N–H and O–H groups in total. The molecular formula is C14H16N2O3. The summed E-state index contributed by atoms with van der Waals surface area (Å²) in [5.74, 6) is -1.62. The van der Waals surface area contributed by atoms with Gasteiger partial charge in [0.15, 0.2) is 0 Å². The van der Waals surface area contributed by atoms with Crippen molar-refractivity contribution in [2.75, 3.05) is 0 Å². The molecule has 1 saturated heterocycles. The maximum atomic E-state index is 11.7. The summed E-state index contributed by atoms with van der Waals surface area (Å²) in [5.41, 5.74) is 0.442. The van der Waals surface area contributed by atoms with Gasteiger partial charge in [0.1, 0.15) is 0 Å². The molecule has 1 aliphatic heterocycles. The number of amides is 4. The number of carbonyl (C=O) groups is 3. The van der Waals surface area contributed by atoms with Crippen LogP contribution in [0.3, 0.4) is 0 Å². The van der Waals surface area contributed by atoms with Crippen LogP contribution in [0.1, 0.15) is 25.8 Å². The maximum absolute atomic E-state index is 11.7. The zero-order valence-corrected chi connectivity index (χ0v) is 11.0. The molecule has 1 heterocycles. The minimum absolute atomic E-state index is 0.601. The van der Waals surface area contributed by atoms with Crippen molar-refractivity contribution in [1.82, 2.24) is 10.2 Å². The van der Waals surface area contributed by atoms with E-state index in [9.17, 15) is 14.4 Å². The number of hydrogen-bond acceptors (Lipinski definition) is 3. The van der Waals surface area contributed by atoms with Crippen molar-refractivity contribution in [2.24, 2.45) is 0 Å². The Kier molecular flexibility index (Phi) is 3.38. The van der Waals surface area contributed by atoms with Gasteiger partial charge in [-0.15, -0.1) is 0 Å². The summed E-state index contributed by atoms with van der Waals surface area (Å²) in [6, 6.07) is 9.18. The van der Waals surface area contributed by atoms with Crippen LogP contribution in [0.15, 0.2) is 30.3 Å². The molecule has 5 nitrogen and oxygen atoms in total. The molecule has 0 atom stereocenters. The largest absolute Gasteiger partial charge is 0.332 e. The lowest BCUT2D eigenvalue weighted by molar-refractivity contribution is -0.142. The first-order valence-electron chi connectivity index (χ1n) is 6.15. The minimum Gasteiger partial charge on any atom is -0.269 e. The fourth-order valence-corrected chi connectivity index (χ4v) is 2.16. The van der Waals surface area contributed by atoms with Gasteiger partial charge in [-0.1, -0.05) is 30.3 Å². The summed E-state index contributed by atoms with van der Waals surface area (Å²) in [6.45, 7) is 3.57. The SMILES string of the molecule is CC(C)(CCc1ccccc1)N1C(=O)NC(=O)C1=O. The predicted molar refractivity (Wildman–Crippen MR) is 69.2 cm³/mol. The molecule has 1 fully saturated rings. The van der Waals surface area contributed by atoms with Crippen LogP contribution in [0.2, 0.25) is 0 Å². The Morgan fingerprint density at radius 3 is 2.26 bits per heavy atom. The lowest BCUT2D eigenvalue weighted by Gasteiger charge is -2.32. The third-order valence-corrected chi connectivity index (χ3v) is 3.29.